The quantitative estimate of drug-likeness (QED) is 0.0932. The summed E-state index contributed by atoms with van der Waals surface area (Å²) in [5, 5.41) is 4.68. The lowest BCUT2D eigenvalue weighted by molar-refractivity contribution is -0.121. The van der Waals surface area contributed by atoms with Crippen LogP contribution in [0.3, 0.4) is 0 Å². The van der Waals surface area contributed by atoms with Crippen molar-refractivity contribution >= 4 is 55.4 Å². The van der Waals surface area contributed by atoms with E-state index in [0.717, 1.165) is 9.87 Å². The van der Waals surface area contributed by atoms with E-state index in [1.165, 1.54) is 54.0 Å². The molecular formula is C36H34Cl2N4O7S2. The van der Waals surface area contributed by atoms with E-state index in [-0.39, 0.29) is 35.2 Å². The monoisotopic (exact) mass is 768 g/mol. The summed E-state index contributed by atoms with van der Waals surface area (Å²) in [5.41, 5.74) is 4.48. The first-order valence-corrected chi connectivity index (χ1v) is 19.1. The third kappa shape index (κ3) is 9.85. The van der Waals surface area contributed by atoms with Crippen molar-refractivity contribution < 1.29 is 30.8 Å². The molecule has 11 nitrogen and oxygen atoms in total. The van der Waals surface area contributed by atoms with Gasteiger partial charge in [-0.25, -0.2) is 22.3 Å². The van der Waals surface area contributed by atoms with Crippen LogP contribution >= 0.6 is 23.2 Å². The number of methoxy groups -OCH3 is 1. The molecule has 0 radical (unpaired) electrons. The highest BCUT2D eigenvalue weighted by atomic mass is 35.5. The van der Waals surface area contributed by atoms with E-state index in [1.807, 2.05) is 13.0 Å². The lowest BCUT2D eigenvalue weighted by Gasteiger charge is -2.22. The summed E-state index contributed by atoms with van der Waals surface area (Å²) in [6.07, 6.45) is 1.23. The lowest BCUT2D eigenvalue weighted by Crippen LogP contribution is -2.39. The van der Waals surface area contributed by atoms with Gasteiger partial charge >= 0.3 is 0 Å². The molecule has 0 saturated heterocycles. The second-order valence-electron chi connectivity index (χ2n) is 11.4. The number of furan rings is 1. The molecule has 0 fully saturated rings. The summed E-state index contributed by atoms with van der Waals surface area (Å²) in [5.74, 6) is 0.308. The van der Waals surface area contributed by atoms with Crippen molar-refractivity contribution in [2.75, 3.05) is 13.7 Å². The number of nitrogens with one attached hydrogen (secondary N) is 1. The van der Waals surface area contributed by atoms with Crippen molar-refractivity contribution in [3.05, 3.63) is 147 Å². The van der Waals surface area contributed by atoms with Gasteiger partial charge in [0.05, 0.1) is 36.2 Å². The maximum absolute atomic E-state index is 13.8. The Labute approximate surface area is 307 Å². The first-order chi connectivity index (χ1) is 24.3. The zero-order valence-electron chi connectivity index (χ0n) is 27.6. The number of sulfonamides is 2. The Kier molecular flexibility index (Phi) is 12.3. The van der Waals surface area contributed by atoms with E-state index in [0.29, 0.717) is 32.7 Å². The number of ether oxygens (including phenoxy) is 1. The first-order valence-electron chi connectivity index (χ1n) is 15.4. The number of nitrogens with zero attached hydrogens (tertiary/aromatic N) is 3. The van der Waals surface area contributed by atoms with Crippen LogP contribution in [-0.4, -0.2) is 51.2 Å². The molecule has 1 heterocycles. The molecule has 0 aliphatic heterocycles. The van der Waals surface area contributed by atoms with Gasteiger partial charge in [-0.3, -0.25) is 4.79 Å². The van der Waals surface area contributed by atoms with Gasteiger partial charge in [-0.15, -0.1) is 0 Å². The van der Waals surface area contributed by atoms with E-state index in [1.54, 1.807) is 66.7 Å². The third-order valence-corrected chi connectivity index (χ3v) is 11.8. The number of amides is 1. The minimum absolute atomic E-state index is 0.00424. The van der Waals surface area contributed by atoms with Crippen molar-refractivity contribution in [2.45, 2.75) is 36.3 Å². The standard InChI is InChI=1S/C36H34Cl2N4O7S2/c1-26-8-16-33(17-9-26)51(46,47)42(23-28-10-11-29(37)20-35(28)38)24-32-13-12-31(49-32)21-39-40-36(43)25-41(22-27-6-4-3-5-7-27)50(44,45)34-18-14-30(48-2)15-19-34/h3-21H,22-25H2,1-2H3,(H,40,43)/b39-21-. The zero-order valence-corrected chi connectivity index (χ0v) is 30.7. The number of rotatable bonds is 15. The van der Waals surface area contributed by atoms with E-state index in [4.69, 9.17) is 32.4 Å². The summed E-state index contributed by atoms with van der Waals surface area (Å²) < 4.78 is 68.0. The minimum atomic E-state index is -4.09. The molecule has 0 spiro atoms. The number of hydrazone groups is 1. The summed E-state index contributed by atoms with van der Waals surface area (Å²) in [4.78, 5) is 13.1. The van der Waals surface area contributed by atoms with Gasteiger partial charge in [-0.1, -0.05) is 77.3 Å². The van der Waals surface area contributed by atoms with Gasteiger partial charge in [0.25, 0.3) is 5.91 Å². The molecule has 0 aliphatic carbocycles. The third-order valence-electron chi connectivity index (χ3n) is 7.64. The lowest BCUT2D eigenvalue weighted by atomic mass is 10.2. The van der Waals surface area contributed by atoms with Gasteiger partial charge in [-0.2, -0.15) is 13.7 Å². The maximum Gasteiger partial charge on any atom is 0.255 e. The predicted octanol–water partition coefficient (Wildman–Crippen LogP) is 6.64. The number of carbonyl (C=O) groups excluding carboxylic acids is 1. The smallest absolute Gasteiger partial charge is 0.255 e. The molecule has 1 N–H and O–H groups in total. The van der Waals surface area contributed by atoms with Crippen LogP contribution in [0.5, 0.6) is 5.75 Å². The minimum Gasteiger partial charge on any atom is -0.497 e. The van der Waals surface area contributed by atoms with E-state index in [9.17, 15) is 21.6 Å². The number of carbonyl (C=O) groups is 1. The van der Waals surface area contributed by atoms with Gasteiger partial charge in [-0.05, 0) is 78.7 Å². The SMILES string of the molecule is COc1ccc(S(=O)(=O)N(CC(=O)N/N=C\c2ccc(CN(Cc3ccc(Cl)cc3Cl)S(=O)(=O)c3ccc(C)cc3)o2)Cc2ccccc2)cc1. The van der Waals surface area contributed by atoms with Gasteiger partial charge in [0, 0.05) is 23.1 Å². The molecular weight excluding hydrogens is 735 g/mol. The second-order valence-corrected chi connectivity index (χ2v) is 16.1. The molecule has 1 aromatic heterocycles. The molecule has 5 aromatic rings. The Balaban J connectivity index is 1.30. The molecule has 0 aliphatic rings. The normalized spacial score (nSPS) is 12.1. The van der Waals surface area contributed by atoms with Gasteiger partial charge in [0.15, 0.2) is 0 Å². The largest absolute Gasteiger partial charge is 0.497 e. The number of hydrogen-bond acceptors (Lipinski definition) is 8. The molecule has 0 atom stereocenters. The fourth-order valence-corrected chi connectivity index (χ4v) is 8.16. The van der Waals surface area contributed by atoms with Crippen LogP contribution in [0.2, 0.25) is 10.0 Å². The van der Waals surface area contributed by atoms with Gasteiger partial charge < -0.3 is 9.15 Å². The maximum atomic E-state index is 13.8. The highest BCUT2D eigenvalue weighted by Crippen LogP contribution is 2.27. The molecule has 5 rings (SSSR count). The molecule has 0 saturated carbocycles. The number of halogens is 2. The van der Waals surface area contributed by atoms with Gasteiger partial charge in [0.1, 0.15) is 17.3 Å². The summed E-state index contributed by atoms with van der Waals surface area (Å²) in [7, 11) is -6.61. The summed E-state index contributed by atoms with van der Waals surface area (Å²) >= 11 is 12.5. The number of hydrogen-bond donors (Lipinski definition) is 1. The van der Waals surface area contributed by atoms with Crippen LogP contribution < -0.4 is 10.2 Å². The first kappa shape index (κ1) is 37.7. The van der Waals surface area contributed by atoms with Crippen LogP contribution in [0.1, 0.15) is 28.2 Å². The molecule has 0 unspecified atom stereocenters. The van der Waals surface area contributed by atoms with E-state index < -0.39 is 32.5 Å². The topological polar surface area (TPSA) is 139 Å². The molecule has 4 aromatic carbocycles. The Morgan fingerprint density at radius 1 is 0.804 bits per heavy atom. The van der Waals surface area contributed by atoms with Crippen LogP contribution in [0.15, 0.2) is 129 Å². The fraction of sp³-hybridized carbons (Fsp3) is 0.167. The Morgan fingerprint density at radius 3 is 2.10 bits per heavy atom. The van der Waals surface area contributed by atoms with Crippen LogP contribution in [-0.2, 0) is 44.5 Å². The highest BCUT2D eigenvalue weighted by Gasteiger charge is 2.28. The Bertz CT molecular complexity index is 2210. The molecule has 0 bridgehead atoms. The predicted molar refractivity (Wildman–Crippen MR) is 196 cm³/mol. The fourth-order valence-electron chi connectivity index (χ4n) is 4.92. The zero-order chi connectivity index (χ0) is 36.6. The molecule has 1 amide bonds. The van der Waals surface area contributed by atoms with Crippen molar-refractivity contribution in [2.24, 2.45) is 5.10 Å². The summed E-state index contributed by atoms with van der Waals surface area (Å²) in [6.45, 7) is 1.07. The second kappa shape index (κ2) is 16.7. The van der Waals surface area contributed by atoms with Crippen molar-refractivity contribution in [3.8, 4) is 5.75 Å². The van der Waals surface area contributed by atoms with Crippen LogP contribution in [0.25, 0.3) is 0 Å². The average molecular weight is 770 g/mol. The van der Waals surface area contributed by atoms with Crippen LogP contribution in [0.4, 0.5) is 0 Å². The Hall–Kier alpha value is -4.50. The summed E-state index contributed by atoms with van der Waals surface area (Å²) in [6, 6.07) is 29.2. The number of benzene rings is 4. The van der Waals surface area contributed by atoms with Gasteiger partial charge in [0.2, 0.25) is 20.0 Å². The number of aryl methyl sites for hydroxylation is 1. The van der Waals surface area contributed by atoms with Crippen molar-refractivity contribution in [3.63, 3.8) is 0 Å². The highest BCUT2D eigenvalue weighted by molar-refractivity contribution is 7.89. The molecule has 266 valence electrons. The molecule has 51 heavy (non-hydrogen) atoms. The van der Waals surface area contributed by atoms with Crippen molar-refractivity contribution in [1.29, 1.82) is 0 Å². The van der Waals surface area contributed by atoms with E-state index in [2.05, 4.69) is 10.5 Å². The Morgan fingerprint density at radius 2 is 1.45 bits per heavy atom. The van der Waals surface area contributed by atoms with Crippen LogP contribution in [0, 0.1) is 6.92 Å². The molecule has 15 heteroatoms. The average Bonchev–Trinajstić information content (AvgIpc) is 3.56. The van der Waals surface area contributed by atoms with Crippen molar-refractivity contribution in [1.82, 2.24) is 14.0 Å². The van der Waals surface area contributed by atoms with E-state index >= 15 is 0 Å².